The molecule has 1 aliphatic rings. The van der Waals surface area contributed by atoms with Crippen LogP contribution in [0.15, 0.2) is 188 Å². The van der Waals surface area contributed by atoms with Crippen molar-refractivity contribution in [2.75, 3.05) is 0 Å². The molecule has 0 saturated carbocycles. The van der Waals surface area contributed by atoms with Gasteiger partial charge in [-0.3, -0.25) is 0 Å². The van der Waals surface area contributed by atoms with Gasteiger partial charge in [-0.25, -0.2) is 0 Å². The van der Waals surface area contributed by atoms with E-state index in [-0.39, 0.29) is 21.7 Å². The summed E-state index contributed by atoms with van der Waals surface area (Å²) in [7, 11) is 10.7. The molecule has 2 radical (unpaired) electrons. The fourth-order valence-electron chi connectivity index (χ4n) is 10.1. The Bertz CT molecular complexity index is 3300. The van der Waals surface area contributed by atoms with E-state index in [9.17, 15) is 0 Å². The summed E-state index contributed by atoms with van der Waals surface area (Å²) in [4.78, 5) is 0. The molecule has 0 fully saturated rings. The minimum absolute atomic E-state index is 0.110. The van der Waals surface area contributed by atoms with Crippen LogP contribution in [-0.4, -0.2) is 9.52 Å². The zero-order valence-electron chi connectivity index (χ0n) is 47.2. The molecule has 0 N–H and O–H groups in total. The van der Waals surface area contributed by atoms with E-state index in [1.54, 1.807) is 0 Å². The molecule has 0 atom stereocenters. The molecule has 0 saturated heterocycles. The Morgan fingerprint density at radius 1 is 0.408 bits per heavy atom. The molecular weight excluding hydrogens is 1060 g/mol. The van der Waals surface area contributed by atoms with Gasteiger partial charge in [0.15, 0.2) is 0 Å². The van der Waals surface area contributed by atoms with Crippen LogP contribution in [0.1, 0.15) is 116 Å². The van der Waals surface area contributed by atoms with Crippen molar-refractivity contribution in [3.05, 3.63) is 228 Å². The SMILES string of the molecule is Cc1ccc2[cH-]c(-c3ccccc3)cc2c1-c1cc(C(C)(C)C)cc(C(C)(C)C)c1.Cc1ccc2[cH-]c(-c3ccccc3)cc2c1-c1cc(C(C)(C)C)cc(C(C)(C)C)c1.[Cl][Zr][Cl].[c-]1cccc2c1[Si]c1ccccc1-2. The molecule has 0 spiro atoms. The van der Waals surface area contributed by atoms with Crippen molar-refractivity contribution in [3.8, 4) is 55.6 Å². The van der Waals surface area contributed by atoms with Crippen molar-refractivity contribution in [2.24, 2.45) is 0 Å². The minimum Gasteiger partial charge on any atom is -0.184 e. The molecule has 0 nitrogen and oxygen atoms in total. The second-order valence-electron chi connectivity index (χ2n) is 24.5. The van der Waals surface area contributed by atoms with Crippen LogP contribution >= 0.6 is 17.0 Å². The van der Waals surface area contributed by atoms with Gasteiger partial charge in [0, 0.05) is 0 Å². The van der Waals surface area contributed by atoms with E-state index >= 15 is 0 Å². The maximum atomic E-state index is 4.93. The summed E-state index contributed by atoms with van der Waals surface area (Å²) in [5.41, 5.74) is 22.0. The van der Waals surface area contributed by atoms with Crippen LogP contribution in [-0.2, 0) is 42.5 Å². The van der Waals surface area contributed by atoms with E-state index in [2.05, 4.69) is 285 Å². The Hall–Kier alpha value is -5.34. The monoisotopic (exact) mass is 1130 g/mol. The molecule has 10 aromatic rings. The van der Waals surface area contributed by atoms with Gasteiger partial charge in [0.25, 0.3) is 0 Å². The van der Waals surface area contributed by atoms with E-state index in [1.807, 2.05) is 6.07 Å². The van der Waals surface area contributed by atoms with Gasteiger partial charge in [0.05, 0.1) is 9.52 Å². The Morgan fingerprint density at radius 2 is 0.776 bits per heavy atom. The van der Waals surface area contributed by atoms with Crippen LogP contribution in [0.25, 0.3) is 77.2 Å². The predicted molar refractivity (Wildman–Crippen MR) is 333 cm³/mol. The molecule has 386 valence electrons. The van der Waals surface area contributed by atoms with Crippen LogP contribution in [0, 0.1) is 19.9 Å². The Morgan fingerprint density at radius 3 is 1.17 bits per heavy atom. The number of aryl methyl sites for hydroxylation is 2. The third-order valence-electron chi connectivity index (χ3n) is 14.7. The molecule has 0 amide bonds. The summed E-state index contributed by atoms with van der Waals surface area (Å²) in [6, 6.07) is 72.4. The van der Waals surface area contributed by atoms with Gasteiger partial charge >= 0.3 is 37.9 Å². The fraction of sp³-hybridized carbons (Fsp3) is 0.250. The van der Waals surface area contributed by atoms with Gasteiger partial charge in [-0.1, -0.05) is 250 Å². The summed E-state index contributed by atoms with van der Waals surface area (Å²) >= 11 is -0.826. The number of hydrogen-bond acceptors (Lipinski definition) is 0. The minimum atomic E-state index is -0.826. The number of benzene rings is 8. The molecule has 0 aliphatic carbocycles. The number of halogens is 2. The zero-order chi connectivity index (χ0) is 54.7. The number of fused-ring (bicyclic) bond motifs is 5. The van der Waals surface area contributed by atoms with Crippen LogP contribution in [0.4, 0.5) is 0 Å². The van der Waals surface area contributed by atoms with E-state index < -0.39 is 20.8 Å². The quantitative estimate of drug-likeness (QED) is 0.122. The molecule has 10 aromatic carbocycles. The van der Waals surface area contributed by atoms with Crippen molar-refractivity contribution in [2.45, 2.75) is 119 Å². The van der Waals surface area contributed by atoms with Gasteiger partial charge in [-0.15, -0.1) is 74.6 Å². The van der Waals surface area contributed by atoms with Crippen molar-refractivity contribution in [3.63, 3.8) is 0 Å². The molecule has 1 aliphatic heterocycles. The van der Waals surface area contributed by atoms with Gasteiger partial charge < -0.3 is 0 Å². The third kappa shape index (κ3) is 13.1. The first-order chi connectivity index (χ1) is 35.9. The van der Waals surface area contributed by atoms with Crippen molar-refractivity contribution in [1.29, 1.82) is 0 Å². The van der Waals surface area contributed by atoms with E-state index in [4.69, 9.17) is 17.0 Å². The molecule has 11 rings (SSSR count). The Kier molecular flexibility index (Phi) is 17.4. The number of rotatable bonds is 4. The fourth-order valence-corrected chi connectivity index (χ4v) is 11.5. The average Bonchev–Trinajstić information content (AvgIpc) is 4.14. The zero-order valence-corrected chi connectivity index (χ0v) is 52.1. The van der Waals surface area contributed by atoms with E-state index in [1.165, 1.54) is 121 Å². The summed E-state index contributed by atoms with van der Waals surface area (Å²) < 4.78 is 0. The molecular formula is C72H73Cl2SiZr-3. The first kappa shape index (κ1) is 56.9. The van der Waals surface area contributed by atoms with Crippen molar-refractivity contribution >= 4 is 58.5 Å². The standard InChI is InChI=1S/2C30H33.C12H7Si.2ClH.Zr/c2*1-20-13-14-22-15-23(21-11-9-8-10-12-21)18-27(22)28(20)24-16-25(29(2,3)4)19-26(17-24)30(5,6)7;1-3-7-11-9(5-1)10-6-2-4-8-12(10)13-11;;;/h2*8-19H,1-7H3;1-7H;2*1H;/q3*-1;;;+2/p-2. The largest absolute Gasteiger partial charge is 0.184 e. The Balaban J connectivity index is 0.000000157. The predicted octanol–water partition coefficient (Wildman–Crippen LogP) is 20.1. The van der Waals surface area contributed by atoms with Crippen molar-refractivity contribution < 1.29 is 20.8 Å². The summed E-state index contributed by atoms with van der Waals surface area (Å²) in [6.45, 7) is 32.2. The summed E-state index contributed by atoms with van der Waals surface area (Å²) in [5, 5.41) is 8.14. The maximum absolute atomic E-state index is 4.93. The van der Waals surface area contributed by atoms with Crippen LogP contribution in [0.2, 0.25) is 0 Å². The summed E-state index contributed by atoms with van der Waals surface area (Å²) in [6.07, 6.45) is 0. The van der Waals surface area contributed by atoms with Crippen molar-refractivity contribution in [1.82, 2.24) is 0 Å². The maximum Gasteiger partial charge on any atom is 0.0920 e. The van der Waals surface area contributed by atoms with Gasteiger partial charge in [0.2, 0.25) is 0 Å². The summed E-state index contributed by atoms with van der Waals surface area (Å²) in [5.74, 6) is 0. The topological polar surface area (TPSA) is 0 Å². The first-order valence-electron chi connectivity index (χ1n) is 26.6. The van der Waals surface area contributed by atoms with Gasteiger partial charge in [0.1, 0.15) is 0 Å². The smallest absolute Gasteiger partial charge is 0.0920 e. The third-order valence-corrected chi connectivity index (χ3v) is 16.0. The number of hydrogen-bond donors (Lipinski definition) is 0. The molecule has 0 bridgehead atoms. The normalized spacial score (nSPS) is 12.2. The van der Waals surface area contributed by atoms with E-state index in [0.717, 1.165) is 9.52 Å². The Labute approximate surface area is 477 Å². The first-order valence-corrected chi connectivity index (χ1v) is 33.9. The molecule has 76 heavy (non-hydrogen) atoms. The van der Waals surface area contributed by atoms with Gasteiger partial charge in [-0.05, 0) is 80.0 Å². The van der Waals surface area contributed by atoms with Crippen LogP contribution in [0.3, 0.4) is 0 Å². The van der Waals surface area contributed by atoms with Gasteiger partial charge in [-0.2, -0.15) is 29.5 Å². The second kappa shape index (κ2) is 23.3. The molecule has 0 aromatic heterocycles. The molecule has 1 heterocycles. The van der Waals surface area contributed by atoms with Crippen LogP contribution in [0.5, 0.6) is 0 Å². The molecule has 4 heteroatoms. The van der Waals surface area contributed by atoms with E-state index in [0.29, 0.717) is 0 Å². The molecule has 0 unspecified atom stereocenters. The average molecular weight is 1130 g/mol. The second-order valence-corrected chi connectivity index (χ2v) is 29.6. The van der Waals surface area contributed by atoms with Crippen LogP contribution < -0.4 is 10.4 Å².